The quantitative estimate of drug-likeness (QED) is 0.799. The Balaban J connectivity index is 2.87. The number of carbonyl (C=O) groups is 2. The smallest absolute Gasteiger partial charge is 0.224 e. The van der Waals surface area contributed by atoms with Crippen LogP contribution >= 0.6 is 23.2 Å². The van der Waals surface area contributed by atoms with Gasteiger partial charge in [-0.1, -0.05) is 23.2 Å². The van der Waals surface area contributed by atoms with E-state index in [1.807, 2.05) is 13.8 Å². The molecule has 0 saturated heterocycles. The summed E-state index contributed by atoms with van der Waals surface area (Å²) in [5, 5.41) is 0.931. The molecular weight excluding hydrogens is 311 g/mol. The van der Waals surface area contributed by atoms with Gasteiger partial charge in [0, 0.05) is 38.0 Å². The van der Waals surface area contributed by atoms with Gasteiger partial charge in [-0.25, -0.2) is 0 Å². The van der Waals surface area contributed by atoms with Crippen LogP contribution in [0.5, 0.6) is 0 Å². The third kappa shape index (κ3) is 4.90. The van der Waals surface area contributed by atoms with Crippen LogP contribution in [0, 0.1) is 0 Å². The van der Waals surface area contributed by atoms with Crippen molar-refractivity contribution in [1.82, 2.24) is 4.90 Å². The molecule has 0 aliphatic heterocycles. The lowest BCUT2D eigenvalue weighted by Gasteiger charge is -2.24. The Morgan fingerprint density at radius 1 is 1.14 bits per heavy atom. The Bertz CT molecular complexity index is 516. The fourth-order valence-corrected chi connectivity index (χ4v) is 2.47. The average molecular weight is 331 g/mol. The van der Waals surface area contributed by atoms with Gasteiger partial charge in [0.1, 0.15) is 0 Å². The molecule has 0 N–H and O–H groups in total. The molecule has 0 unspecified atom stereocenters. The van der Waals surface area contributed by atoms with Crippen molar-refractivity contribution in [3.8, 4) is 0 Å². The third-order valence-electron chi connectivity index (χ3n) is 3.24. The molecule has 1 rings (SSSR count). The number of amides is 2. The molecule has 0 fully saturated rings. The molecule has 116 valence electrons. The van der Waals surface area contributed by atoms with E-state index in [2.05, 4.69) is 0 Å². The minimum atomic E-state index is -0.175. The van der Waals surface area contributed by atoms with Crippen LogP contribution in [0.25, 0.3) is 0 Å². The second kappa shape index (κ2) is 8.25. The zero-order chi connectivity index (χ0) is 16.0. The van der Waals surface area contributed by atoms with Crippen LogP contribution in [0.4, 0.5) is 5.69 Å². The molecule has 1 aromatic carbocycles. The first-order chi connectivity index (χ1) is 9.90. The summed E-state index contributed by atoms with van der Waals surface area (Å²) >= 11 is 12.1. The van der Waals surface area contributed by atoms with Crippen molar-refractivity contribution in [2.24, 2.45) is 0 Å². The first-order valence-electron chi connectivity index (χ1n) is 6.91. The van der Waals surface area contributed by atoms with E-state index in [4.69, 9.17) is 23.2 Å². The Morgan fingerprint density at radius 3 is 2.29 bits per heavy atom. The van der Waals surface area contributed by atoms with E-state index in [9.17, 15) is 9.59 Å². The van der Waals surface area contributed by atoms with Crippen molar-refractivity contribution in [2.45, 2.75) is 27.2 Å². The predicted molar refractivity (Wildman–Crippen MR) is 87.0 cm³/mol. The van der Waals surface area contributed by atoms with Crippen molar-refractivity contribution in [2.75, 3.05) is 24.5 Å². The van der Waals surface area contributed by atoms with E-state index in [-0.39, 0.29) is 24.8 Å². The molecule has 2 amide bonds. The highest BCUT2D eigenvalue weighted by atomic mass is 35.5. The molecule has 4 nitrogen and oxygen atoms in total. The van der Waals surface area contributed by atoms with Gasteiger partial charge in [0.25, 0.3) is 0 Å². The summed E-state index contributed by atoms with van der Waals surface area (Å²) in [6.07, 6.45) is 0.254. The first kappa shape index (κ1) is 17.8. The predicted octanol–water partition coefficient (Wildman–Crippen LogP) is 3.60. The van der Waals surface area contributed by atoms with E-state index >= 15 is 0 Å². The van der Waals surface area contributed by atoms with Crippen LogP contribution in [-0.2, 0) is 9.59 Å². The summed E-state index contributed by atoms with van der Waals surface area (Å²) in [6, 6.07) is 4.93. The molecule has 21 heavy (non-hydrogen) atoms. The number of carbonyl (C=O) groups excluding carboxylic acids is 2. The average Bonchev–Trinajstić information content (AvgIpc) is 2.43. The maximum atomic E-state index is 12.0. The number of nitrogens with zero attached hydrogens (tertiary/aromatic N) is 2. The molecule has 0 aromatic heterocycles. The zero-order valence-corrected chi connectivity index (χ0v) is 14.0. The van der Waals surface area contributed by atoms with E-state index in [1.165, 1.54) is 11.8 Å². The monoisotopic (exact) mass is 330 g/mol. The highest BCUT2D eigenvalue weighted by molar-refractivity contribution is 6.35. The molecular formula is C15H20Cl2N2O2. The lowest BCUT2D eigenvalue weighted by atomic mass is 10.2. The summed E-state index contributed by atoms with van der Waals surface area (Å²) in [7, 11) is 0. The molecule has 0 aliphatic carbocycles. The summed E-state index contributed by atoms with van der Waals surface area (Å²) in [4.78, 5) is 27.1. The molecule has 0 aliphatic rings. The van der Waals surface area contributed by atoms with Crippen LogP contribution in [0.3, 0.4) is 0 Å². The van der Waals surface area contributed by atoms with Crippen LogP contribution in [0.2, 0.25) is 10.0 Å². The topological polar surface area (TPSA) is 40.6 Å². The standard InChI is InChI=1S/C15H20Cl2N2O2/c1-4-18(5-2)15(21)8-9-19(11(3)20)14-10-12(16)6-7-13(14)17/h6-7,10H,4-5,8-9H2,1-3H3. The highest BCUT2D eigenvalue weighted by Crippen LogP contribution is 2.29. The van der Waals surface area contributed by atoms with Gasteiger partial charge in [0.05, 0.1) is 10.7 Å². The second-order valence-corrected chi connectivity index (χ2v) is 5.43. The van der Waals surface area contributed by atoms with E-state index in [0.29, 0.717) is 28.8 Å². The van der Waals surface area contributed by atoms with Gasteiger partial charge in [-0.05, 0) is 32.0 Å². The van der Waals surface area contributed by atoms with Crippen LogP contribution < -0.4 is 4.90 Å². The maximum Gasteiger partial charge on any atom is 0.224 e. The van der Waals surface area contributed by atoms with Crippen molar-refractivity contribution in [1.29, 1.82) is 0 Å². The lowest BCUT2D eigenvalue weighted by molar-refractivity contribution is -0.130. The van der Waals surface area contributed by atoms with Crippen molar-refractivity contribution >= 4 is 40.7 Å². The fraction of sp³-hybridized carbons (Fsp3) is 0.467. The molecule has 1 aromatic rings. The molecule has 0 atom stereocenters. The van der Waals surface area contributed by atoms with Crippen molar-refractivity contribution in [3.05, 3.63) is 28.2 Å². The molecule has 0 bridgehead atoms. The Labute approximate surface area is 135 Å². The second-order valence-electron chi connectivity index (χ2n) is 4.58. The normalized spacial score (nSPS) is 10.3. The van der Waals surface area contributed by atoms with Gasteiger partial charge in [0.15, 0.2) is 0 Å². The molecule has 0 heterocycles. The maximum absolute atomic E-state index is 12.0. The minimum Gasteiger partial charge on any atom is -0.343 e. The van der Waals surface area contributed by atoms with Gasteiger partial charge in [-0.3, -0.25) is 9.59 Å². The highest BCUT2D eigenvalue weighted by Gasteiger charge is 2.18. The van der Waals surface area contributed by atoms with Crippen molar-refractivity contribution < 1.29 is 9.59 Å². The largest absolute Gasteiger partial charge is 0.343 e. The fourth-order valence-electron chi connectivity index (χ4n) is 2.08. The summed E-state index contributed by atoms with van der Waals surface area (Å²) in [5.41, 5.74) is 0.531. The van der Waals surface area contributed by atoms with Crippen molar-refractivity contribution in [3.63, 3.8) is 0 Å². The van der Waals surface area contributed by atoms with Crippen LogP contribution in [0.15, 0.2) is 18.2 Å². The van der Waals surface area contributed by atoms with Gasteiger partial charge >= 0.3 is 0 Å². The number of rotatable bonds is 6. The van der Waals surface area contributed by atoms with Crippen LogP contribution in [-0.4, -0.2) is 36.3 Å². The Kier molecular flexibility index (Phi) is 6.99. The van der Waals surface area contributed by atoms with Crippen LogP contribution in [0.1, 0.15) is 27.2 Å². The summed E-state index contributed by atoms with van der Waals surface area (Å²) < 4.78 is 0. The minimum absolute atomic E-state index is 0.0180. The molecule has 0 saturated carbocycles. The van der Waals surface area contributed by atoms with E-state index < -0.39 is 0 Å². The number of anilines is 1. The van der Waals surface area contributed by atoms with Gasteiger partial charge in [0.2, 0.25) is 11.8 Å². The van der Waals surface area contributed by atoms with Gasteiger partial charge in [-0.2, -0.15) is 0 Å². The van der Waals surface area contributed by atoms with E-state index in [1.54, 1.807) is 23.1 Å². The SMILES string of the molecule is CCN(CC)C(=O)CCN(C(C)=O)c1cc(Cl)ccc1Cl. The Morgan fingerprint density at radius 2 is 1.76 bits per heavy atom. The number of hydrogen-bond acceptors (Lipinski definition) is 2. The van der Waals surface area contributed by atoms with Gasteiger partial charge < -0.3 is 9.80 Å². The molecule has 0 radical (unpaired) electrons. The summed E-state index contributed by atoms with van der Waals surface area (Å²) in [5.74, 6) is -0.157. The summed E-state index contributed by atoms with van der Waals surface area (Å²) in [6.45, 7) is 6.90. The zero-order valence-electron chi connectivity index (χ0n) is 12.5. The molecule has 0 spiro atoms. The lowest BCUT2D eigenvalue weighted by Crippen LogP contribution is -2.36. The van der Waals surface area contributed by atoms with E-state index in [0.717, 1.165) is 0 Å². The third-order valence-corrected chi connectivity index (χ3v) is 3.80. The number of hydrogen-bond donors (Lipinski definition) is 0. The number of benzene rings is 1. The van der Waals surface area contributed by atoms with Gasteiger partial charge in [-0.15, -0.1) is 0 Å². The number of halogens is 2. The Hall–Kier alpha value is -1.26. The molecule has 6 heteroatoms. The first-order valence-corrected chi connectivity index (χ1v) is 7.67.